The maximum absolute atomic E-state index is 11.4. The SMILES string of the molecule is O=C[C@@H](Nc1ccc2c(I)cc(=O)oc2c1)[C@H](O)[C@@H](O)[C@@H](O)CO. The Bertz CT molecular complexity index is 778. The van der Waals surface area contributed by atoms with Crippen LogP contribution < -0.4 is 10.9 Å². The molecule has 8 nitrogen and oxygen atoms in total. The van der Waals surface area contributed by atoms with Crippen LogP contribution in [0.5, 0.6) is 0 Å². The van der Waals surface area contributed by atoms with Gasteiger partial charge in [0, 0.05) is 26.8 Å². The molecule has 0 saturated heterocycles. The molecule has 9 heteroatoms. The van der Waals surface area contributed by atoms with Gasteiger partial charge in [0.1, 0.15) is 36.2 Å². The molecule has 4 atom stereocenters. The standard InChI is InChI=1S/C15H16INO7/c16-9-4-13(21)24-12-3-7(1-2-8(9)12)17-10(5-18)14(22)15(23)11(20)6-19/h1-5,10-11,14-15,17,19-20,22-23H,6H2/t10-,11+,14+,15+/m1/s1. The summed E-state index contributed by atoms with van der Waals surface area (Å²) in [6.07, 6.45) is -4.58. The third kappa shape index (κ3) is 4.11. The highest BCUT2D eigenvalue weighted by atomic mass is 127. The summed E-state index contributed by atoms with van der Waals surface area (Å²) in [5.74, 6) is 0. The zero-order chi connectivity index (χ0) is 17.9. The van der Waals surface area contributed by atoms with Crippen molar-refractivity contribution in [1.82, 2.24) is 0 Å². The maximum atomic E-state index is 11.4. The molecule has 1 aromatic carbocycles. The Kier molecular flexibility index (Phi) is 6.29. The summed E-state index contributed by atoms with van der Waals surface area (Å²) in [6.45, 7) is -0.761. The molecule has 2 aromatic rings. The lowest BCUT2D eigenvalue weighted by Crippen LogP contribution is -2.49. The van der Waals surface area contributed by atoms with Crippen LogP contribution in [0.25, 0.3) is 11.0 Å². The van der Waals surface area contributed by atoms with Gasteiger partial charge in [0.25, 0.3) is 0 Å². The molecule has 0 spiro atoms. The Hall–Kier alpha value is -1.53. The van der Waals surface area contributed by atoms with Crippen molar-refractivity contribution in [3.8, 4) is 0 Å². The summed E-state index contributed by atoms with van der Waals surface area (Å²) in [5.41, 5.74) is 0.152. The van der Waals surface area contributed by atoms with Crippen LogP contribution in [0.4, 0.5) is 5.69 Å². The van der Waals surface area contributed by atoms with E-state index < -0.39 is 36.6 Å². The number of nitrogens with one attached hydrogen (secondary N) is 1. The lowest BCUT2D eigenvalue weighted by Gasteiger charge is -2.26. The highest BCUT2D eigenvalue weighted by Crippen LogP contribution is 2.23. The quantitative estimate of drug-likeness (QED) is 0.216. The number of benzene rings is 1. The van der Waals surface area contributed by atoms with Gasteiger partial charge in [-0.15, -0.1) is 0 Å². The van der Waals surface area contributed by atoms with Crippen molar-refractivity contribution in [2.24, 2.45) is 0 Å². The molecule has 0 fully saturated rings. The van der Waals surface area contributed by atoms with Gasteiger partial charge >= 0.3 is 5.63 Å². The van der Waals surface area contributed by atoms with Crippen LogP contribution in [-0.2, 0) is 4.79 Å². The number of hydrogen-bond donors (Lipinski definition) is 5. The van der Waals surface area contributed by atoms with E-state index in [0.29, 0.717) is 26.5 Å². The average molecular weight is 449 g/mol. The number of carbonyl (C=O) groups excluding carboxylic acids is 1. The summed E-state index contributed by atoms with van der Waals surface area (Å²) in [4.78, 5) is 22.6. The molecule has 24 heavy (non-hydrogen) atoms. The van der Waals surface area contributed by atoms with E-state index in [1.807, 2.05) is 22.6 Å². The minimum Gasteiger partial charge on any atom is -0.423 e. The van der Waals surface area contributed by atoms with E-state index in [0.717, 1.165) is 0 Å². The molecule has 0 saturated carbocycles. The molecule has 1 heterocycles. The number of aliphatic hydroxyl groups excluding tert-OH is 4. The maximum Gasteiger partial charge on any atom is 0.337 e. The number of rotatable bonds is 7. The molecule has 0 amide bonds. The van der Waals surface area contributed by atoms with E-state index in [-0.39, 0.29) is 0 Å². The van der Waals surface area contributed by atoms with Gasteiger partial charge in [0.05, 0.1) is 6.61 Å². The second-order valence-electron chi connectivity index (χ2n) is 5.16. The molecule has 2 rings (SSSR count). The molecule has 0 aliphatic carbocycles. The Morgan fingerprint density at radius 3 is 2.54 bits per heavy atom. The molecular formula is C15H16INO7. The first-order valence-electron chi connectivity index (χ1n) is 6.97. The van der Waals surface area contributed by atoms with E-state index in [1.165, 1.54) is 12.1 Å². The summed E-state index contributed by atoms with van der Waals surface area (Å²) in [7, 11) is 0. The molecule has 0 unspecified atom stereocenters. The molecule has 1 aromatic heterocycles. The number of aliphatic hydroxyl groups is 4. The summed E-state index contributed by atoms with van der Waals surface area (Å²) >= 11 is 2.00. The van der Waals surface area contributed by atoms with Gasteiger partial charge in [0.2, 0.25) is 0 Å². The van der Waals surface area contributed by atoms with Crippen LogP contribution in [0.1, 0.15) is 0 Å². The molecule has 130 valence electrons. The highest BCUT2D eigenvalue weighted by molar-refractivity contribution is 14.1. The van der Waals surface area contributed by atoms with Gasteiger partial charge < -0.3 is 35.0 Å². The second-order valence-corrected chi connectivity index (χ2v) is 6.32. The Morgan fingerprint density at radius 1 is 1.21 bits per heavy atom. The van der Waals surface area contributed by atoms with Crippen molar-refractivity contribution < 1.29 is 29.6 Å². The van der Waals surface area contributed by atoms with Gasteiger partial charge in [-0.1, -0.05) is 0 Å². The molecule has 0 radical (unpaired) electrons. The van der Waals surface area contributed by atoms with E-state index in [1.54, 1.807) is 12.1 Å². The number of carbonyl (C=O) groups is 1. The fraction of sp³-hybridized carbons (Fsp3) is 0.333. The summed E-state index contributed by atoms with van der Waals surface area (Å²) in [6, 6.07) is 4.88. The first-order valence-corrected chi connectivity index (χ1v) is 8.05. The second kappa shape index (κ2) is 8.03. The van der Waals surface area contributed by atoms with Crippen LogP contribution in [0.15, 0.2) is 33.5 Å². The third-order valence-electron chi connectivity index (χ3n) is 3.47. The number of hydrogen-bond acceptors (Lipinski definition) is 8. The van der Waals surface area contributed by atoms with Crippen molar-refractivity contribution in [1.29, 1.82) is 0 Å². The van der Waals surface area contributed by atoms with Gasteiger partial charge in [-0.2, -0.15) is 0 Å². The van der Waals surface area contributed by atoms with Gasteiger partial charge in [0.15, 0.2) is 0 Å². The van der Waals surface area contributed by atoms with Crippen molar-refractivity contribution >= 4 is 45.5 Å². The molecule has 0 aliphatic heterocycles. The van der Waals surface area contributed by atoms with Crippen LogP contribution >= 0.6 is 22.6 Å². The van der Waals surface area contributed by atoms with Crippen LogP contribution in [0.3, 0.4) is 0 Å². The van der Waals surface area contributed by atoms with E-state index in [9.17, 15) is 24.9 Å². The number of halogens is 1. The van der Waals surface area contributed by atoms with Crippen molar-refractivity contribution in [2.75, 3.05) is 11.9 Å². The van der Waals surface area contributed by atoms with E-state index in [4.69, 9.17) is 9.52 Å². The minimum absolute atomic E-state index is 0.298. The van der Waals surface area contributed by atoms with Gasteiger partial charge in [-0.3, -0.25) is 0 Å². The molecular weight excluding hydrogens is 433 g/mol. The molecule has 0 aliphatic rings. The predicted molar refractivity (Wildman–Crippen MR) is 93.8 cm³/mol. The van der Waals surface area contributed by atoms with E-state index >= 15 is 0 Å². The smallest absolute Gasteiger partial charge is 0.337 e. The monoisotopic (exact) mass is 449 g/mol. The summed E-state index contributed by atoms with van der Waals surface area (Å²) in [5, 5.41) is 41.2. The third-order valence-corrected chi connectivity index (χ3v) is 4.37. The minimum atomic E-state index is -1.71. The fourth-order valence-electron chi connectivity index (χ4n) is 2.15. The lowest BCUT2D eigenvalue weighted by molar-refractivity contribution is -0.117. The van der Waals surface area contributed by atoms with Crippen molar-refractivity contribution in [2.45, 2.75) is 24.4 Å². The van der Waals surface area contributed by atoms with E-state index in [2.05, 4.69) is 5.32 Å². The van der Waals surface area contributed by atoms with Gasteiger partial charge in [-0.25, -0.2) is 4.79 Å². The largest absolute Gasteiger partial charge is 0.423 e. The topological polar surface area (TPSA) is 140 Å². The Labute approximate surface area is 149 Å². The number of anilines is 1. The van der Waals surface area contributed by atoms with Crippen LogP contribution in [0.2, 0.25) is 0 Å². The van der Waals surface area contributed by atoms with Gasteiger partial charge in [-0.05, 0) is 34.7 Å². The van der Waals surface area contributed by atoms with Crippen molar-refractivity contribution in [3.05, 3.63) is 38.3 Å². The number of aldehydes is 1. The first-order chi connectivity index (χ1) is 11.4. The average Bonchev–Trinajstić information content (AvgIpc) is 2.57. The lowest BCUT2D eigenvalue weighted by atomic mass is 10.0. The van der Waals surface area contributed by atoms with Crippen LogP contribution in [0, 0.1) is 3.57 Å². The summed E-state index contributed by atoms with van der Waals surface area (Å²) < 4.78 is 5.80. The zero-order valence-electron chi connectivity index (χ0n) is 12.3. The Morgan fingerprint density at radius 2 is 1.92 bits per heavy atom. The molecule has 0 bridgehead atoms. The molecule has 5 N–H and O–H groups in total. The Balaban J connectivity index is 2.26. The highest BCUT2D eigenvalue weighted by Gasteiger charge is 2.31. The predicted octanol–water partition coefficient (Wildman–Crippen LogP) is -0.548. The normalized spacial score (nSPS) is 16.4. The van der Waals surface area contributed by atoms with Crippen molar-refractivity contribution in [3.63, 3.8) is 0 Å². The first kappa shape index (κ1) is 18.8. The van der Waals surface area contributed by atoms with Crippen LogP contribution in [-0.4, -0.2) is 57.7 Å². The zero-order valence-corrected chi connectivity index (χ0v) is 14.5. The fourth-order valence-corrected chi connectivity index (χ4v) is 2.85. The number of fused-ring (bicyclic) bond motifs is 1.